The Kier molecular flexibility index (Phi) is 15.5. The first-order valence-electron chi connectivity index (χ1n) is 25.4. The number of likely N-dealkylation sites (tertiary alicyclic amines) is 2. The van der Waals surface area contributed by atoms with E-state index in [-0.39, 0.29) is 70.4 Å². The number of aromatic nitrogens is 2. The Balaban J connectivity index is 0.789. The normalized spacial score (nSPS) is 19.8. The molecule has 22 heteroatoms. The first kappa shape index (κ1) is 52.6. The number of fused-ring (bicyclic) bond motifs is 3. The van der Waals surface area contributed by atoms with Gasteiger partial charge in [0.15, 0.2) is 0 Å². The molecule has 7 amide bonds. The summed E-state index contributed by atoms with van der Waals surface area (Å²) in [6, 6.07) is 23.7. The fraction of sp³-hybridized carbons (Fsp3) is 0.364. The van der Waals surface area contributed by atoms with Gasteiger partial charge in [-0.2, -0.15) is 20.1 Å². The van der Waals surface area contributed by atoms with Crippen LogP contribution in [0.25, 0.3) is 10.8 Å². The van der Waals surface area contributed by atoms with Crippen LogP contribution in [0, 0.1) is 11.3 Å². The van der Waals surface area contributed by atoms with Gasteiger partial charge in [-0.15, -0.1) is 0 Å². The highest BCUT2D eigenvalue weighted by atomic mass is 35.5. The first-order chi connectivity index (χ1) is 37.3. The number of benzene rings is 4. The summed E-state index contributed by atoms with van der Waals surface area (Å²) < 4.78 is 26.4. The molecule has 4 aromatic carbocycles. The zero-order chi connectivity index (χ0) is 53.9. The minimum Gasteiger partial charge on any atom is -0.462 e. The molecule has 3 fully saturated rings. The molecule has 5 aliphatic heterocycles. The van der Waals surface area contributed by atoms with E-state index < -0.39 is 60.0 Å². The third kappa shape index (κ3) is 11.1. The molecular formula is C55H54Cl2FN11O8. The summed E-state index contributed by atoms with van der Waals surface area (Å²) in [5.41, 5.74) is 4.13. The van der Waals surface area contributed by atoms with E-state index in [1.165, 1.54) is 9.80 Å². The molecule has 77 heavy (non-hydrogen) atoms. The summed E-state index contributed by atoms with van der Waals surface area (Å²) >= 11 is 12.8. The predicted molar refractivity (Wildman–Crippen MR) is 284 cm³/mol. The summed E-state index contributed by atoms with van der Waals surface area (Å²) in [5, 5.41) is 18.5. The van der Waals surface area contributed by atoms with Crippen molar-refractivity contribution in [3.05, 3.63) is 129 Å². The monoisotopic (exact) mass is 1090 g/mol. The first-order valence-corrected chi connectivity index (χ1v) is 26.2. The Morgan fingerprint density at radius 2 is 1.73 bits per heavy atom. The van der Waals surface area contributed by atoms with Crippen molar-refractivity contribution < 1.29 is 42.6 Å². The summed E-state index contributed by atoms with van der Waals surface area (Å²) in [6.45, 7) is 2.00. The molecule has 3 atom stereocenters. The van der Waals surface area contributed by atoms with E-state index in [2.05, 4.69) is 33.6 Å². The van der Waals surface area contributed by atoms with Gasteiger partial charge in [0.1, 0.15) is 25.1 Å². The lowest BCUT2D eigenvalue weighted by atomic mass is 10.0. The van der Waals surface area contributed by atoms with Crippen molar-refractivity contribution in [1.82, 2.24) is 34.9 Å². The molecule has 5 aliphatic rings. The lowest BCUT2D eigenvalue weighted by molar-refractivity contribution is -0.149. The van der Waals surface area contributed by atoms with Gasteiger partial charge in [-0.1, -0.05) is 65.7 Å². The second-order valence-electron chi connectivity index (χ2n) is 19.6. The minimum absolute atomic E-state index is 0.00472. The molecule has 0 bridgehead atoms. The molecule has 398 valence electrons. The van der Waals surface area contributed by atoms with Gasteiger partial charge >= 0.3 is 18.1 Å². The maximum Gasteiger partial charge on any atom is 0.423 e. The van der Waals surface area contributed by atoms with E-state index in [0.717, 1.165) is 47.1 Å². The number of nitrogens with zero attached hydrogens (tertiary/aromatic N) is 9. The summed E-state index contributed by atoms with van der Waals surface area (Å²) in [5.74, 6) is -2.61. The highest BCUT2D eigenvalue weighted by molar-refractivity contribution is 6.36. The van der Waals surface area contributed by atoms with Crippen molar-refractivity contribution in [3.63, 3.8) is 0 Å². The summed E-state index contributed by atoms with van der Waals surface area (Å²) in [7, 11) is 2.06. The second-order valence-corrected chi connectivity index (χ2v) is 20.5. The van der Waals surface area contributed by atoms with Gasteiger partial charge in [0.2, 0.25) is 5.91 Å². The predicted octanol–water partition coefficient (Wildman–Crippen LogP) is 7.39. The summed E-state index contributed by atoms with van der Waals surface area (Å²) in [4.78, 5) is 100. The highest BCUT2D eigenvalue weighted by Crippen LogP contribution is 2.38. The molecule has 5 aromatic rings. The van der Waals surface area contributed by atoms with Crippen molar-refractivity contribution >= 4 is 86.9 Å². The number of halogens is 3. The molecule has 0 saturated carbocycles. The van der Waals surface area contributed by atoms with Gasteiger partial charge in [-0.3, -0.25) is 19.2 Å². The lowest BCUT2D eigenvalue weighted by Crippen LogP contribution is -2.57. The number of urea groups is 1. The number of hydrogen-bond acceptors (Lipinski definition) is 14. The zero-order valence-corrected chi connectivity index (χ0v) is 43.6. The van der Waals surface area contributed by atoms with E-state index in [0.29, 0.717) is 69.3 Å². The van der Waals surface area contributed by atoms with Crippen molar-refractivity contribution in [2.45, 2.75) is 76.3 Å². The van der Waals surface area contributed by atoms with Crippen molar-refractivity contribution in [1.29, 1.82) is 5.26 Å². The largest absolute Gasteiger partial charge is 0.462 e. The van der Waals surface area contributed by atoms with E-state index in [1.807, 2.05) is 41.3 Å². The van der Waals surface area contributed by atoms with Crippen molar-refractivity contribution in [2.24, 2.45) is 0 Å². The van der Waals surface area contributed by atoms with Crippen LogP contribution in [0.15, 0.2) is 90.8 Å². The number of carbonyl (C=O) groups excluding carboxylic acids is 6. The Hall–Kier alpha value is -7.86. The summed E-state index contributed by atoms with van der Waals surface area (Å²) in [6.07, 6.45) is 0.703. The smallest absolute Gasteiger partial charge is 0.423 e. The number of amides is 7. The van der Waals surface area contributed by atoms with Gasteiger partial charge in [0.05, 0.1) is 47.7 Å². The minimum atomic E-state index is -1.43. The number of nitrogens with one attached hydrogen (secondary N) is 2. The number of ether oxygens (including phenoxy) is 2. The third-order valence-corrected chi connectivity index (χ3v) is 15.4. The average molecular weight is 1090 g/mol. The van der Waals surface area contributed by atoms with Crippen LogP contribution in [0.1, 0.15) is 64.8 Å². The Labute approximate surface area is 453 Å². The molecule has 6 heterocycles. The van der Waals surface area contributed by atoms with Gasteiger partial charge in [0, 0.05) is 84.6 Å². The number of nitriles is 1. The van der Waals surface area contributed by atoms with Crippen LogP contribution in [0.4, 0.5) is 31.2 Å². The quantitative estimate of drug-likeness (QED) is 0.0870. The third-order valence-electron chi connectivity index (χ3n) is 14.9. The van der Waals surface area contributed by atoms with Gasteiger partial charge in [-0.25, -0.2) is 14.0 Å². The number of hydrogen-bond donors (Lipinski definition) is 2. The molecule has 10 rings (SSSR count). The molecule has 1 aromatic heterocycles. The number of rotatable bonds is 13. The van der Waals surface area contributed by atoms with Gasteiger partial charge < -0.3 is 44.6 Å². The SMILES string of the molecule is CN1CCC[C@H]1COc1nc2c(c(N3CCN(C(=O)/C(=C/F)COC(=O)N4C(=O)CCC(N5Cc6cc(CNC(=O)Nc7cccc(Cl)c7)ccc6C5=O)C4=O)[C@@H](CC#N)C3)n1)CCN(c1cccc3cccc(Cl)c13)C2. The van der Waals surface area contributed by atoms with E-state index >= 15 is 0 Å². The molecule has 19 nitrogen and oxygen atoms in total. The lowest BCUT2D eigenvalue weighted by Gasteiger charge is -2.42. The van der Waals surface area contributed by atoms with Crippen LogP contribution in [-0.4, -0.2) is 136 Å². The van der Waals surface area contributed by atoms with Crippen LogP contribution in [0.5, 0.6) is 6.01 Å². The van der Waals surface area contributed by atoms with Crippen LogP contribution in [0.2, 0.25) is 10.0 Å². The van der Waals surface area contributed by atoms with Crippen molar-refractivity contribution in [3.8, 4) is 12.1 Å². The topological polar surface area (TPSA) is 214 Å². The number of anilines is 3. The van der Waals surface area contributed by atoms with Gasteiger partial charge in [0.25, 0.3) is 17.7 Å². The molecule has 0 spiro atoms. The average Bonchev–Trinajstić information content (AvgIpc) is 4.10. The zero-order valence-electron chi connectivity index (χ0n) is 42.1. The van der Waals surface area contributed by atoms with Crippen LogP contribution >= 0.6 is 23.2 Å². The number of imide groups is 3. The fourth-order valence-corrected chi connectivity index (χ4v) is 11.3. The van der Waals surface area contributed by atoms with Gasteiger partial charge in [-0.05, 0) is 92.2 Å². The van der Waals surface area contributed by atoms with Crippen LogP contribution in [-0.2, 0) is 45.2 Å². The van der Waals surface area contributed by atoms with E-state index in [9.17, 15) is 38.4 Å². The fourth-order valence-electron chi connectivity index (χ4n) is 10.9. The second kappa shape index (κ2) is 22.8. The maximum atomic E-state index is 14.8. The molecule has 1 unspecified atom stereocenters. The number of carbonyl (C=O) groups is 6. The number of piperidine rings is 1. The molecule has 0 radical (unpaired) electrons. The van der Waals surface area contributed by atoms with E-state index in [4.69, 9.17) is 42.6 Å². The number of likely N-dealkylation sites (N-methyl/N-ethyl adjacent to an activating group) is 1. The molecule has 3 saturated heterocycles. The Morgan fingerprint density at radius 1 is 0.909 bits per heavy atom. The molecular weight excluding hydrogens is 1030 g/mol. The Morgan fingerprint density at radius 3 is 2.51 bits per heavy atom. The van der Waals surface area contributed by atoms with E-state index in [1.54, 1.807) is 42.5 Å². The maximum absolute atomic E-state index is 14.8. The van der Waals surface area contributed by atoms with Crippen LogP contribution < -0.4 is 25.2 Å². The molecule has 0 aliphatic carbocycles. The molecule has 2 N–H and O–H groups in total. The number of piperazine rings is 1. The highest BCUT2D eigenvalue weighted by Gasteiger charge is 2.46. The van der Waals surface area contributed by atoms with Crippen molar-refractivity contribution in [2.75, 3.05) is 68.1 Å². The standard InChI is InChI=1S/C55H54Cl2FN11O8/c1-64-20-5-10-40(64)32-76-54-62-44-30-65(45-12-3-7-34-6-2-11-43(57)48(34)45)21-18-42(44)49(63-54)66-22-23-67(39(29-66)17-19-59)50(71)36(26-58)31-77-55(75)69-47(70)16-15-46(52(69)73)68-28-35-24-33(13-14-41(35)51(68)72)27-60-53(74)61-38-9-4-8-37(56)25-38/h2-4,6-9,11-14,24-26,39-40,46H,5,10,15-18,20-23,27-32H2,1H3,(H2,60,61,74)/b36-26+/t39-,40-,46?/m0/s1. The Bertz CT molecular complexity index is 3260. The van der Waals surface area contributed by atoms with Crippen LogP contribution in [0.3, 0.4) is 0 Å².